The van der Waals surface area contributed by atoms with E-state index in [9.17, 15) is 35.5 Å². The molecule has 1 saturated carbocycles. The molecule has 0 spiro atoms. The van der Waals surface area contributed by atoms with Gasteiger partial charge in [0.25, 0.3) is 0 Å². The van der Waals surface area contributed by atoms with Gasteiger partial charge in [-0.1, -0.05) is 42.5 Å². The zero-order valence-corrected chi connectivity index (χ0v) is 25.5. The zero-order valence-electron chi connectivity index (χ0n) is 24.7. The van der Waals surface area contributed by atoms with E-state index in [0.29, 0.717) is 30.9 Å². The molecule has 1 saturated heterocycles. The highest BCUT2D eigenvalue weighted by Gasteiger charge is 2.42. The normalized spacial score (nSPS) is 22.4. The minimum Gasteiger partial charge on any atom is -0.346 e. The van der Waals surface area contributed by atoms with Gasteiger partial charge in [-0.25, -0.2) is 4.39 Å². The Hall–Kier alpha value is -3.11. The Kier molecular flexibility index (Phi) is 10.6. The van der Waals surface area contributed by atoms with Gasteiger partial charge < -0.3 is 10.2 Å². The maximum Gasteiger partial charge on any atom is 0.416 e. The third kappa shape index (κ3) is 8.01. The summed E-state index contributed by atoms with van der Waals surface area (Å²) in [6, 6.07) is 17.6. The van der Waals surface area contributed by atoms with Crippen LogP contribution in [0.25, 0.3) is 0 Å². The summed E-state index contributed by atoms with van der Waals surface area (Å²) >= 11 is 0. The number of carbonyl (C=O) groups excluding carboxylic acids is 1. The molecule has 3 aromatic rings. The van der Waals surface area contributed by atoms with E-state index in [4.69, 9.17) is 0 Å². The first-order valence-electron chi connectivity index (χ1n) is 14.9. The number of carbonyl (C=O) groups is 1. The van der Waals surface area contributed by atoms with Gasteiger partial charge in [0.1, 0.15) is 5.82 Å². The molecule has 2 fully saturated rings. The van der Waals surface area contributed by atoms with Crippen molar-refractivity contribution in [1.29, 1.82) is 0 Å². The van der Waals surface area contributed by atoms with Crippen molar-refractivity contribution in [3.05, 3.63) is 106 Å². The summed E-state index contributed by atoms with van der Waals surface area (Å²) in [4.78, 5) is 16.0. The van der Waals surface area contributed by atoms with Crippen molar-refractivity contribution in [2.24, 2.45) is 0 Å². The summed E-state index contributed by atoms with van der Waals surface area (Å²) < 4.78 is 94.3. The Morgan fingerprint density at radius 2 is 1.36 bits per heavy atom. The van der Waals surface area contributed by atoms with E-state index >= 15 is 0 Å². The van der Waals surface area contributed by atoms with Crippen molar-refractivity contribution < 1.29 is 35.5 Å². The predicted octanol–water partition coefficient (Wildman–Crippen LogP) is 9.22. The molecular formula is C34H36ClF7N2O. The lowest BCUT2D eigenvalue weighted by Gasteiger charge is -2.46. The standard InChI is InChI=1S/C34H35F7N2O.ClH/c1-22(25-19-27(33(36,37)38)21-28(20-25)34(39,40)41)31(44)42-32(26-5-3-2-4-6-26)15-11-30(12-16-32)43-17-13-24(14-18-43)23-7-9-29(35)10-8-23;/h2-10,19-22,24,30H,11-18H2,1H3,(H,42,44);1H/t22-,30?,32?;/m0./s1. The molecule has 1 heterocycles. The molecule has 3 aromatic carbocycles. The van der Waals surface area contributed by atoms with Gasteiger partial charge in [-0.2, -0.15) is 26.3 Å². The van der Waals surface area contributed by atoms with Crippen LogP contribution in [0.15, 0.2) is 72.8 Å². The fourth-order valence-corrected chi connectivity index (χ4v) is 6.76. The van der Waals surface area contributed by atoms with Gasteiger partial charge >= 0.3 is 12.4 Å². The number of benzene rings is 3. The molecule has 1 atom stereocenters. The second-order valence-corrected chi connectivity index (χ2v) is 12.1. The number of piperidine rings is 1. The molecule has 0 aromatic heterocycles. The minimum absolute atomic E-state index is 0. The number of hydrogen-bond acceptors (Lipinski definition) is 2. The van der Waals surface area contributed by atoms with Crippen LogP contribution in [0, 0.1) is 5.82 Å². The number of halogens is 8. The molecule has 1 aliphatic carbocycles. The van der Waals surface area contributed by atoms with Crippen LogP contribution < -0.4 is 5.32 Å². The van der Waals surface area contributed by atoms with Crippen LogP contribution in [0.4, 0.5) is 30.7 Å². The van der Waals surface area contributed by atoms with Crippen molar-refractivity contribution in [3.8, 4) is 0 Å². The monoisotopic (exact) mass is 656 g/mol. The van der Waals surface area contributed by atoms with Crippen molar-refractivity contribution >= 4 is 18.3 Å². The SMILES string of the molecule is C[C@H](C(=O)NC1(c2ccccc2)CCC(N2CCC(c3ccc(F)cc3)CC2)CC1)c1cc(C(F)(F)F)cc(C(F)(F)F)c1.Cl. The second-order valence-electron chi connectivity index (χ2n) is 12.1. The van der Waals surface area contributed by atoms with Gasteiger partial charge in [-0.3, -0.25) is 4.79 Å². The van der Waals surface area contributed by atoms with Gasteiger partial charge in [-0.05, 0) is 111 Å². The van der Waals surface area contributed by atoms with Crippen LogP contribution in [-0.2, 0) is 22.7 Å². The van der Waals surface area contributed by atoms with Crippen LogP contribution in [0.1, 0.15) is 85.1 Å². The lowest BCUT2D eigenvalue weighted by atomic mass is 9.73. The van der Waals surface area contributed by atoms with Gasteiger partial charge in [0.05, 0.1) is 22.6 Å². The Bertz CT molecular complexity index is 1400. The van der Waals surface area contributed by atoms with Crippen molar-refractivity contribution in [2.45, 2.75) is 81.2 Å². The minimum atomic E-state index is -5.00. The Morgan fingerprint density at radius 3 is 1.87 bits per heavy atom. The number of nitrogens with zero attached hydrogens (tertiary/aromatic N) is 1. The topological polar surface area (TPSA) is 32.3 Å². The Labute approximate surface area is 264 Å². The smallest absolute Gasteiger partial charge is 0.346 e. The number of alkyl halides is 6. The molecule has 45 heavy (non-hydrogen) atoms. The first-order chi connectivity index (χ1) is 20.7. The molecule has 0 unspecified atom stereocenters. The van der Waals surface area contributed by atoms with E-state index in [-0.39, 0.29) is 35.9 Å². The quantitative estimate of drug-likeness (QED) is 0.268. The molecule has 3 nitrogen and oxygen atoms in total. The number of likely N-dealkylation sites (tertiary alicyclic amines) is 1. The number of rotatable bonds is 6. The summed E-state index contributed by atoms with van der Waals surface area (Å²) in [5, 5.41) is 3.07. The van der Waals surface area contributed by atoms with Gasteiger partial charge in [0.15, 0.2) is 0 Å². The molecule has 11 heteroatoms. The molecule has 244 valence electrons. The second kappa shape index (κ2) is 13.7. The molecule has 0 bridgehead atoms. The van der Waals surface area contributed by atoms with E-state index in [1.807, 2.05) is 42.5 Å². The van der Waals surface area contributed by atoms with Gasteiger partial charge in [0.2, 0.25) is 5.91 Å². The first kappa shape index (κ1) is 34.8. The van der Waals surface area contributed by atoms with E-state index in [0.717, 1.165) is 49.9 Å². The third-order valence-corrected chi connectivity index (χ3v) is 9.39. The average Bonchev–Trinajstić information content (AvgIpc) is 3.01. The van der Waals surface area contributed by atoms with Crippen LogP contribution in [-0.4, -0.2) is 29.9 Å². The molecule has 5 rings (SSSR count). The summed E-state index contributed by atoms with van der Waals surface area (Å²) in [5.74, 6) is -1.76. The molecule has 1 N–H and O–H groups in total. The fraction of sp³-hybridized carbons (Fsp3) is 0.441. The van der Waals surface area contributed by atoms with E-state index in [1.165, 1.54) is 19.1 Å². The van der Waals surface area contributed by atoms with Crippen LogP contribution in [0.5, 0.6) is 0 Å². The first-order valence-corrected chi connectivity index (χ1v) is 14.9. The fourth-order valence-electron chi connectivity index (χ4n) is 6.76. The lowest BCUT2D eigenvalue weighted by Crippen LogP contribution is -2.53. The van der Waals surface area contributed by atoms with Gasteiger partial charge in [0, 0.05) is 6.04 Å². The predicted molar refractivity (Wildman–Crippen MR) is 161 cm³/mol. The van der Waals surface area contributed by atoms with Crippen molar-refractivity contribution in [1.82, 2.24) is 10.2 Å². The zero-order chi connectivity index (χ0) is 31.7. The lowest BCUT2D eigenvalue weighted by molar-refractivity contribution is -0.143. The van der Waals surface area contributed by atoms with Crippen molar-refractivity contribution in [2.75, 3.05) is 13.1 Å². The maximum atomic E-state index is 13.6. The number of amides is 1. The van der Waals surface area contributed by atoms with Crippen LogP contribution in [0.2, 0.25) is 0 Å². The van der Waals surface area contributed by atoms with Crippen molar-refractivity contribution in [3.63, 3.8) is 0 Å². The summed E-state index contributed by atoms with van der Waals surface area (Å²) in [6.45, 7) is 3.12. The Morgan fingerprint density at radius 1 is 0.822 bits per heavy atom. The highest BCUT2D eigenvalue weighted by molar-refractivity contribution is 5.85. The van der Waals surface area contributed by atoms with Gasteiger partial charge in [-0.15, -0.1) is 12.4 Å². The highest BCUT2D eigenvalue weighted by Crippen LogP contribution is 2.42. The molecule has 1 amide bonds. The summed E-state index contributed by atoms with van der Waals surface area (Å²) in [6.07, 6.45) is -5.39. The largest absolute Gasteiger partial charge is 0.416 e. The van der Waals surface area contributed by atoms with Crippen LogP contribution in [0.3, 0.4) is 0 Å². The Balaban J connectivity index is 0.00000461. The summed E-state index contributed by atoms with van der Waals surface area (Å²) in [7, 11) is 0. The van der Waals surface area contributed by atoms with E-state index in [2.05, 4.69) is 10.2 Å². The number of hydrogen-bond donors (Lipinski definition) is 1. The molecule has 0 radical (unpaired) electrons. The maximum absolute atomic E-state index is 13.6. The highest BCUT2D eigenvalue weighted by atomic mass is 35.5. The summed E-state index contributed by atoms with van der Waals surface area (Å²) in [5.41, 5.74) is -2.03. The molecule has 1 aliphatic heterocycles. The molecular weight excluding hydrogens is 621 g/mol. The van der Waals surface area contributed by atoms with Crippen LogP contribution >= 0.6 is 12.4 Å². The number of nitrogens with one attached hydrogen (secondary N) is 1. The third-order valence-electron chi connectivity index (χ3n) is 9.39. The molecule has 2 aliphatic rings. The van der Waals surface area contributed by atoms with E-state index < -0.39 is 40.8 Å². The van der Waals surface area contributed by atoms with E-state index in [1.54, 1.807) is 0 Å². The average molecular weight is 657 g/mol.